The predicted octanol–water partition coefficient (Wildman–Crippen LogP) is 2.07. The van der Waals surface area contributed by atoms with E-state index in [-0.39, 0.29) is 12.0 Å². The molecule has 1 saturated heterocycles. The van der Waals surface area contributed by atoms with Crippen LogP contribution in [0, 0.1) is 6.92 Å². The summed E-state index contributed by atoms with van der Waals surface area (Å²) >= 11 is 1.62. The number of rotatable bonds is 4. The van der Waals surface area contributed by atoms with E-state index in [1.54, 1.807) is 11.3 Å². The molecule has 0 aliphatic carbocycles. The molecule has 0 bridgehead atoms. The highest BCUT2D eigenvalue weighted by molar-refractivity contribution is 7.07. The Hall–Kier alpha value is -1.95. The maximum Gasteiger partial charge on any atom is 0.233 e. The van der Waals surface area contributed by atoms with Crippen LogP contribution in [0.25, 0.3) is 0 Å². The van der Waals surface area contributed by atoms with Gasteiger partial charge in [-0.1, -0.05) is 0 Å². The van der Waals surface area contributed by atoms with E-state index >= 15 is 0 Å². The second kappa shape index (κ2) is 6.22. The number of nitrogens with zero attached hydrogens (tertiary/aromatic N) is 3. The lowest BCUT2D eigenvalue weighted by molar-refractivity contribution is -0.129. The molecule has 1 aliphatic heterocycles. The third-order valence-corrected chi connectivity index (χ3v) is 4.23. The first kappa shape index (κ1) is 14.0. The molecule has 0 radical (unpaired) electrons. The summed E-state index contributed by atoms with van der Waals surface area (Å²) in [5.74, 6) is 0.687. The Bertz CT molecular complexity index is 598. The topological polar surface area (TPSA) is 55.3 Å². The average molecular weight is 303 g/mol. The Morgan fingerprint density at radius 3 is 3.05 bits per heavy atom. The highest BCUT2D eigenvalue weighted by atomic mass is 32.1. The van der Waals surface area contributed by atoms with E-state index in [9.17, 15) is 4.79 Å². The second-order valence-electron chi connectivity index (χ2n) is 5.19. The van der Waals surface area contributed by atoms with E-state index in [0.29, 0.717) is 18.8 Å². The van der Waals surface area contributed by atoms with Gasteiger partial charge in [-0.15, -0.1) is 5.10 Å². The Morgan fingerprint density at radius 1 is 1.43 bits per heavy atom. The van der Waals surface area contributed by atoms with Gasteiger partial charge in [0.1, 0.15) is 6.10 Å². The summed E-state index contributed by atoms with van der Waals surface area (Å²) in [6, 6.07) is 5.68. The molecule has 0 N–H and O–H groups in total. The smallest absolute Gasteiger partial charge is 0.233 e. The SMILES string of the molecule is Cc1ccc(OC2CCN(C(=O)Cc3ccsc3)C2)nn1. The first-order chi connectivity index (χ1) is 10.2. The molecule has 2 aromatic rings. The molecule has 5 nitrogen and oxygen atoms in total. The Labute approximate surface area is 127 Å². The first-order valence-electron chi connectivity index (χ1n) is 6.96. The van der Waals surface area contributed by atoms with Crippen molar-refractivity contribution in [2.75, 3.05) is 13.1 Å². The van der Waals surface area contributed by atoms with Gasteiger partial charge in [-0.2, -0.15) is 16.4 Å². The highest BCUT2D eigenvalue weighted by Crippen LogP contribution is 2.17. The van der Waals surface area contributed by atoms with Crippen LogP contribution in [0.4, 0.5) is 0 Å². The molecule has 2 aromatic heterocycles. The summed E-state index contributed by atoms with van der Waals surface area (Å²) in [7, 11) is 0. The number of hydrogen-bond donors (Lipinski definition) is 0. The number of carbonyl (C=O) groups excluding carboxylic acids is 1. The number of carbonyl (C=O) groups is 1. The summed E-state index contributed by atoms with van der Waals surface area (Å²) < 4.78 is 5.78. The molecule has 110 valence electrons. The lowest BCUT2D eigenvalue weighted by Gasteiger charge is -2.16. The molecule has 0 aromatic carbocycles. The molecule has 0 spiro atoms. The second-order valence-corrected chi connectivity index (χ2v) is 5.97. The van der Waals surface area contributed by atoms with Gasteiger partial charge in [-0.25, -0.2) is 0 Å². The zero-order valence-electron chi connectivity index (χ0n) is 11.9. The summed E-state index contributed by atoms with van der Waals surface area (Å²) in [5, 5.41) is 12.0. The van der Waals surface area contributed by atoms with Crippen molar-refractivity contribution in [3.63, 3.8) is 0 Å². The summed E-state index contributed by atoms with van der Waals surface area (Å²) in [6.07, 6.45) is 1.32. The lowest BCUT2D eigenvalue weighted by atomic mass is 10.2. The number of amides is 1. The number of aryl methyl sites for hydroxylation is 1. The van der Waals surface area contributed by atoms with Crippen molar-refractivity contribution in [3.05, 3.63) is 40.2 Å². The summed E-state index contributed by atoms with van der Waals surface area (Å²) in [6.45, 7) is 3.25. The average Bonchev–Trinajstić information content (AvgIpc) is 3.13. The Morgan fingerprint density at radius 2 is 2.33 bits per heavy atom. The van der Waals surface area contributed by atoms with Crippen LogP contribution in [0.3, 0.4) is 0 Å². The predicted molar refractivity (Wildman–Crippen MR) is 80.4 cm³/mol. The molecular formula is C15H17N3O2S. The fraction of sp³-hybridized carbons (Fsp3) is 0.400. The number of thiophene rings is 1. The molecule has 21 heavy (non-hydrogen) atoms. The quantitative estimate of drug-likeness (QED) is 0.867. The zero-order valence-corrected chi connectivity index (χ0v) is 12.7. The molecule has 1 aliphatic rings. The standard InChI is InChI=1S/C15H17N3O2S/c1-11-2-3-14(17-16-11)20-13-4-6-18(9-13)15(19)8-12-5-7-21-10-12/h2-3,5,7,10,13H,4,6,8-9H2,1H3. The van der Waals surface area contributed by atoms with Gasteiger partial charge in [0.2, 0.25) is 11.8 Å². The van der Waals surface area contributed by atoms with Gasteiger partial charge in [0.25, 0.3) is 0 Å². The maximum atomic E-state index is 12.2. The van der Waals surface area contributed by atoms with Gasteiger partial charge in [-0.05, 0) is 35.4 Å². The van der Waals surface area contributed by atoms with E-state index in [1.165, 1.54) is 0 Å². The van der Waals surface area contributed by atoms with Gasteiger partial charge in [-0.3, -0.25) is 4.79 Å². The largest absolute Gasteiger partial charge is 0.471 e. The minimum atomic E-state index is 0.00781. The molecular weight excluding hydrogens is 286 g/mol. The minimum absolute atomic E-state index is 0.00781. The van der Waals surface area contributed by atoms with Crippen molar-refractivity contribution in [3.8, 4) is 5.88 Å². The van der Waals surface area contributed by atoms with E-state index in [4.69, 9.17) is 4.74 Å². The van der Waals surface area contributed by atoms with Crippen molar-refractivity contribution in [1.82, 2.24) is 15.1 Å². The molecule has 3 heterocycles. The van der Waals surface area contributed by atoms with Gasteiger partial charge < -0.3 is 9.64 Å². The molecule has 1 unspecified atom stereocenters. The van der Waals surface area contributed by atoms with E-state index in [2.05, 4.69) is 10.2 Å². The summed E-state index contributed by atoms with van der Waals surface area (Å²) in [4.78, 5) is 14.1. The third kappa shape index (κ3) is 3.58. The van der Waals surface area contributed by atoms with Crippen LogP contribution < -0.4 is 4.74 Å². The van der Waals surface area contributed by atoms with E-state index < -0.39 is 0 Å². The van der Waals surface area contributed by atoms with Gasteiger partial charge >= 0.3 is 0 Å². The van der Waals surface area contributed by atoms with Crippen molar-refractivity contribution in [2.45, 2.75) is 25.9 Å². The van der Waals surface area contributed by atoms with Crippen LogP contribution in [-0.2, 0) is 11.2 Å². The molecule has 1 fully saturated rings. The Kier molecular flexibility index (Phi) is 4.15. The molecule has 1 amide bonds. The minimum Gasteiger partial charge on any atom is -0.471 e. The maximum absolute atomic E-state index is 12.2. The van der Waals surface area contributed by atoms with Crippen LogP contribution in [0.15, 0.2) is 29.0 Å². The fourth-order valence-corrected chi connectivity index (χ4v) is 3.02. The normalized spacial score (nSPS) is 18.0. The Balaban J connectivity index is 1.53. The van der Waals surface area contributed by atoms with Crippen molar-refractivity contribution >= 4 is 17.2 Å². The monoisotopic (exact) mass is 303 g/mol. The molecule has 0 saturated carbocycles. The highest BCUT2D eigenvalue weighted by Gasteiger charge is 2.27. The molecule has 1 atom stereocenters. The van der Waals surface area contributed by atoms with Gasteiger partial charge in [0, 0.05) is 19.0 Å². The molecule has 6 heteroatoms. The molecule has 3 rings (SSSR count). The number of aromatic nitrogens is 2. The third-order valence-electron chi connectivity index (χ3n) is 3.49. The van der Waals surface area contributed by atoms with Gasteiger partial charge in [0.05, 0.1) is 18.7 Å². The van der Waals surface area contributed by atoms with Crippen LogP contribution in [0.1, 0.15) is 17.7 Å². The van der Waals surface area contributed by atoms with Gasteiger partial charge in [0.15, 0.2) is 0 Å². The van der Waals surface area contributed by atoms with Crippen molar-refractivity contribution in [1.29, 1.82) is 0 Å². The summed E-state index contributed by atoms with van der Waals surface area (Å²) in [5.41, 5.74) is 1.94. The number of likely N-dealkylation sites (tertiary alicyclic amines) is 1. The number of ether oxygens (including phenoxy) is 1. The van der Waals surface area contributed by atoms with Crippen molar-refractivity contribution < 1.29 is 9.53 Å². The van der Waals surface area contributed by atoms with Crippen LogP contribution >= 0.6 is 11.3 Å². The van der Waals surface area contributed by atoms with Crippen LogP contribution in [0.5, 0.6) is 5.88 Å². The lowest BCUT2D eigenvalue weighted by Crippen LogP contribution is -2.32. The zero-order chi connectivity index (χ0) is 14.7. The fourth-order valence-electron chi connectivity index (χ4n) is 2.35. The van der Waals surface area contributed by atoms with Crippen LogP contribution in [0.2, 0.25) is 0 Å². The van der Waals surface area contributed by atoms with E-state index in [1.807, 2.05) is 40.8 Å². The first-order valence-corrected chi connectivity index (χ1v) is 7.91. The van der Waals surface area contributed by atoms with Crippen molar-refractivity contribution in [2.24, 2.45) is 0 Å². The van der Waals surface area contributed by atoms with E-state index in [0.717, 1.165) is 24.2 Å². The number of hydrogen-bond acceptors (Lipinski definition) is 5. The van der Waals surface area contributed by atoms with Crippen LogP contribution in [-0.4, -0.2) is 40.2 Å².